The fraction of sp³-hybridized carbons (Fsp3) is 0.182. The molecule has 2 aromatic rings. The molecule has 0 bridgehead atoms. The van der Waals surface area contributed by atoms with Crippen molar-refractivity contribution < 1.29 is 4.39 Å². The SMILES string of the molecule is CC(N)c1cc2cc(Cl)c(F)cc2[nH]c1=O.Cl. The van der Waals surface area contributed by atoms with Crippen molar-refractivity contribution in [2.24, 2.45) is 5.73 Å². The van der Waals surface area contributed by atoms with Gasteiger partial charge in [0.25, 0.3) is 5.56 Å². The van der Waals surface area contributed by atoms with Crippen LogP contribution in [0.2, 0.25) is 5.02 Å². The average molecular weight is 277 g/mol. The monoisotopic (exact) mass is 276 g/mol. The summed E-state index contributed by atoms with van der Waals surface area (Å²) in [7, 11) is 0. The lowest BCUT2D eigenvalue weighted by molar-refractivity contribution is 0.629. The van der Waals surface area contributed by atoms with Crippen molar-refractivity contribution in [3.8, 4) is 0 Å². The summed E-state index contributed by atoms with van der Waals surface area (Å²) in [6.45, 7) is 1.71. The van der Waals surface area contributed by atoms with Crippen molar-refractivity contribution in [1.29, 1.82) is 0 Å². The zero-order valence-electron chi connectivity index (χ0n) is 8.96. The summed E-state index contributed by atoms with van der Waals surface area (Å²) in [4.78, 5) is 14.2. The van der Waals surface area contributed by atoms with Crippen LogP contribution in [0.5, 0.6) is 0 Å². The summed E-state index contributed by atoms with van der Waals surface area (Å²) in [5, 5.41) is 0.688. The van der Waals surface area contributed by atoms with E-state index in [4.69, 9.17) is 17.3 Å². The van der Waals surface area contributed by atoms with Crippen LogP contribution in [0.3, 0.4) is 0 Å². The largest absolute Gasteiger partial charge is 0.324 e. The van der Waals surface area contributed by atoms with E-state index >= 15 is 0 Å². The Bertz CT molecular complexity index is 610. The van der Waals surface area contributed by atoms with E-state index in [2.05, 4.69) is 4.98 Å². The predicted octanol–water partition coefficient (Wildman–Crippen LogP) is 2.76. The third-order valence-corrected chi connectivity index (χ3v) is 2.69. The maximum absolute atomic E-state index is 13.2. The Labute approximate surface area is 108 Å². The van der Waals surface area contributed by atoms with Crippen LogP contribution < -0.4 is 11.3 Å². The summed E-state index contributed by atoms with van der Waals surface area (Å²) < 4.78 is 13.2. The molecule has 3 nitrogen and oxygen atoms in total. The van der Waals surface area contributed by atoms with E-state index in [1.54, 1.807) is 13.0 Å². The molecule has 1 aromatic carbocycles. The Kier molecular flexibility index (Phi) is 4.14. The summed E-state index contributed by atoms with van der Waals surface area (Å²) in [5.41, 5.74) is 6.21. The highest BCUT2D eigenvalue weighted by Gasteiger charge is 2.09. The Hall–Kier alpha value is -1.10. The highest BCUT2D eigenvalue weighted by atomic mass is 35.5. The van der Waals surface area contributed by atoms with Crippen LogP contribution in [-0.4, -0.2) is 4.98 Å². The van der Waals surface area contributed by atoms with Gasteiger partial charge in [-0.25, -0.2) is 4.39 Å². The lowest BCUT2D eigenvalue weighted by Gasteiger charge is -2.06. The highest BCUT2D eigenvalue weighted by Crippen LogP contribution is 2.22. The minimum Gasteiger partial charge on any atom is -0.324 e. The fourth-order valence-corrected chi connectivity index (χ4v) is 1.73. The number of rotatable bonds is 1. The van der Waals surface area contributed by atoms with E-state index in [1.165, 1.54) is 12.1 Å². The number of hydrogen-bond acceptors (Lipinski definition) is 2. The smallest absolute Gasteiger partial charge is 0.253 e. The molecule has 2 rings (SSSR count). The topological polar surface area (TPSA) is 58.9 Å². The van der Waals surface area contributed by atoms with E-state index in [1.807, 2.05) is 0 Å². The molecule has 1 aromatic heterocycles. The number of aromatic amines is 1. The van der Waals surface area contributed by atoms with Gasteiger partial charge in [-0.3, -0.25) is 4.79 Å². The first-order valence-corrected chi connectivity index (χ1v) is 5.14. The zero-order chi connectivity index (χ0) is 11.9. The van der Waals surface area contributed by atoms with Crippen LogP contribution in [0.4, 0.5) is 4.39 Å². The molecule has 1 unspecified atom stereocenters. The maximum Gasteiger partial charge on any atom is 0.253 e. The van der Waals surface area contributed by atoms with E-state index < -0.39 is 5.82 Å². The number of pyridine rings is 1. The van der Waals surface area contributed by atoms with Crippen molar-refractivity contribution in [2.45, 2.75) is 13.0 Å². The normalized spacial score (nSPS) is 12.2. The molecule has 0 aliphatic carbocycles. The van der Waals surface area contributed by atoms with Crippen LogP contribution in [0.1, 0.15) is 18.5 Å². The van der Waals surface area contributed by atoms with Gasteiger partial charge < -0.3 is 10.7 Å². The molecule has 0 aliphatic rings. The molecule has 1 atom stereocenters. The molecule has 0 saturated heterocycles. The van der Waals surface area contributed by atoms with Crippen LogP contribution in [0, 0.1) is 5.82 Å². The molecule has 0 fully saturated rings. The van der Waals surface area contributed by atoms with Crippen molar-refractivity contribution >= 4 is 34.9 Å². The molecule has 0 aliphatic heterocycles. The van der Waals surface area contributed by atoms with E-state index in [0.29, 0.717) is 16.5 Å². The second-order valence-electron chi connectivity index (χ2n) is 3.70. The van der Waals surface area contributed by atoms with Gasteiger partial charge in [-0.2, -0.15) is 0 Å². The van der Waals surface area contributed by atoms with Crippen molar-refractivity contribution in [3.05, 3.63) is 45.0 Å². The standard InChI is InChI=1S/C11H10ClFN2O.ClH/c1-5(14)7-2-6-3-8(12)9(13)4-10(6)15-11(7)16;/h2-5H,14H2,1H3,(H,15,16);1H. The molecule has 92 valence electrons. The summed E-state index contributed by atoms with van der Waals surface area (Å²) >= 11 is 5.66. The van der Waals surface area contributed by atoms with Crippen molar-refractivity contribution in [2.75, 3.05) is 0 Å². The van der Waals surface area contributed by atoms with Gasteiger partial charge in [0.15, 0.2) is 0 Å². The summed E-state index contributed by atoms with van der Waals surface area (Å²) in [6, 6.07) is 3.92. The van der Waals surface area contributed by atoms with Gasteiger partial charge in [0.1, 0.15) is 5.82 Å². The van der Waals surface area contributed by atoms with Crippen LogP contribution in [0.25, 0.3) is 10.9 Å². The number of aromatic nitrogens is 1. The van der Waals surface area contributed by atoms with Crippen LogP contribution in [-0.2, 0) is 0 Å². The van der Waals surface area contributed by atoms with Gasteiger partial charge in [-0.05, 0) is 25.1 Å². The number of nitrogens with one attached hydrogen (secondary N) is 1. The second kappa shape index (κ2) is 5.04. The Morgan fingerprint density at radius 3 is 2.65 bits per heavy atom. The number of fused-ring (bicyclic) bond motifs is 1. The van der Waals surface area contributed by atoms with Gasteiger partial charge in [-0.1, -0.05) is 11.6 Å². The number of nitrogens with two attached hydrogens (primary N) is 1. The van der Waals surface area contributed by atoms with Gasteiger partial charge in [0, 0.05) is 17.0 Å². The Morgan fingerprint density at radius 2 is 2.06 bits per heavy atom. The number of benzene rings is 1. The average Bonchev–Trinajstić information content (AvgIpc) is 2.19. The lowest BCUT2D eigenvalue weighted by atomic mass is 10.1. The molecule has 6 heteroatoms. The third kappa shape index (κ3) is 2.60. The van der Waals surface area contributed by atoms with Gasteiger partial charge in [-0.15, -0.1) is 12.4 Å². The van der Waals surface area contributed by atoms with Crippen molar-refractivity contribution in [3.63, 3.8) is 0 Å². The minimum absolute atomic E-state index is 0. The van der Waals surface area contributed by atoms with E-state index in [-0.39, 0.29) is 29.0 Å². The quantitative estimate of drug-likeness (QED) is 0.842. The first-order chi connectivity index (χ1) is 7.49. The molecule has 1 heterocycles. The molecule has 0 spiro atoms. The van der Waals surface area contributed by atoms with Crippen LogP contribution in [0.15, 0.2) is 23.0 Å². The lowest BCUT2D eigenvalue weighted by Crippen LogP contribution is -2.19. The molecular formula is C11H11Cl2FN2O. The van der Waals surface area contributed by atoms with Gasteiger partial charge in [0.2, 0.25) is 0 Å². The molecular weight excluding hydrogens is 266 g/mol. The van der Waals surface area contributed by atoms with E-state index in [0.717, 1.165) is 0 Å². The molecule has 0 saturated carbocycles. The molecule has 17 heavy (non-hydrogen) atoms. The fourth-order valence-electron chi connectivity index (χ4n) is 1.56. The summed E-state index contributed by atoms with van der Waals surface area (Å²) in [5.74, 6) is -0.557. The highest BCUT2D eigenvalue weighted by molar-refractivity contribution is 6.31. The molecule has 3 N–H and O–H groups in total. The Balaban J connectivity index is 0.00000144. The number of halogens is 3. The number of hydrogen-bond donors (Lipinski definition) is 2. The first-order valence-electron chi connectivity index (χ1n) is 4.76. The van der Waals surface area contributed by atoms with Crippen molar-refractivity contribution in [1.82, 2.24) is 4.98 Å². The molecule has 0 amide bonds. The Morgan fingerprint density at radius 1 is 1.41 bits per heavy atom. The third-order valence-electron chi connectivity index (χ3n) is 2.40. The zero-order valence-corrected chi connectivity index (χ0v) is 10.5. The second-order valence-corrected chi connectivity index (χ2v) is 4.10. The maximum atomic E-state index is 13.2. The number of H-pyrrole nitrogens is 1. The first kappa shape index (κ1) is 14.0. The van der Waals surface area contributed by atoms with Gasteiger partial charge >= 0.3 is 0 Å². The van der Waals surface area contributed by atoms with E-state index in [9.17, 15) is 9.18 Å². The summed E-state index contributed by atoms with van der Waals surface area (Å²) in [6.07, 6.45) is 0. The van der Waals surface area contributed by atoms with Crippen LogP contribution >= 0.6 is 24.0 Å². The van der Waals surface area contributed by atoms with Gasteiger partial charge in [0.05, 0.1) is 10.5 Å². The molecule has 0 radical (unpaired) electrons. The minimum atomic E-state index is -0.557. The predicted molar refractivity (Wildman–Crippen MR) is 69.4 cm³/mol.